The van der Waals surface area contributed by atoms with Crippen molar-refractivity contribution in [2.24, 2.45) is 34.5 Å². The van der Waals surface area contributed by atoms with Crippen molar-refractivity contribution in [3.63, 3.8) is 0 Å². The lowest BCUT2D eigenvalue weighted by Crippen LogP contribution is -2.86. The van der Waals surface area contributed by atoms with Crippen LogP contribution in [-0.2, 0) is 42.9 Å². The zero-order chi connectivity index (χ0) is 29.8. The zero-order valence-corrected chi connectivity index (χ0v) is 24.3. The Morgan fingerprint density at radius 2 is 0.837 bits per heavy atom. The molecule has 2 aliphatic heterocycles. The maximum Gasteiger partial charge on any atom is 0.339 e. The van der Waals surface area contributed by atoms with Crippen LogP contribution in [0.4, 0.5) is 0 Å². The molecule has 9 nitrogen and oxygen atoms in total. The number of hydrogen-bond acceptors (Lipinski definition) is 9. The first-order valence-electron chi connectivity index (χ1n) is 15.0. The molecule has 9 heteroatoms. The molecule has 2 aromatic carbocycles. The summed E-state index contributed by atoms with van der Waals surface area (Å²) in [6.45, 7) is 0. The number of fused-ring (bicyclic) bond motifs is 25. The first-order chi connectivity index (χ1) is 20.8. The van der Waals surface area contributed by atoms with Crippen molar-refractivity contribution >= 4 is 23.9 Å². The smallest absolute Gasteiger partial charge is 0.339 e. The molecule has 9 rings (SSSR count). The number of rotatable bonds is 4. The Hall–Kier alpha value is -3.72. The normalized spacial score (nSPS) is 45.7. The summed E-state index contributed by atoms with van der Waals surface area (Å²) in [6.07, 6.45) is 1.34. The van der Waals surface area contributed by atoms with E-state index in [4.69, 9.17) is 23.7 Å². The van der Waals surface area contributed by atoms with Crippen LogP contribution in [0.2, 0.25) is 0 Å². The molecule has 0 aromatic heterocycles. The standard InChI is InChI=1S/C34H32O9/c1-39-27(35)31-23-19-13-20(16-10-6-5-9-15(16)19)24(23)32(31,28(36)40-2)34(30(38)42-4)26-22-14-21(17-11-7-8-12-18(17)22)25(26)33(31,43-34)29(37)41-3/h5-12,19-26H,13-14H2,1-4H3/t19-,20+,21-,22+,23?,24?,25?,26?,31-,32+,33+,34-. The molecule has 0 spiro atoms. The average Bonchev–Trinajstić information content (AvgIpc) is 3.86. The SMILES string of the molecule is COC(=O)[C@]12C3C([C@H]4C[C@@H]3c3ccccc34)[C@@]1(C(=O)OC)[C@@]1(C(=O)OC)O[C@]2(C(=O)OC)C2C1[C@H]1C[C@@H]2c2ccccc21. The minimum atomic E-state index is -1.98. The molecule has 6 bridgehead atoms. The Kier molecular flexibility index (Phi) is 4.59. The summed E-state index contributed by atoms with van der Waals surface area (Å²) in [7, 11) is 5.07. The van der Waals surface area contributed by atoms with Gasteiger partial charge in [0, 0.05) is 11.8 Å². The van der Waals surface area contributed by atoms with Crippen molar-refractivity contribution in [2.45, 2.75) is 47.7 Å². The molecule has 5 fully saturated rings. The Balaban J connectivity index is 1.44. The lowest BCUT2D eigenvalue weighted by Gasteiger charge is -2.72. The van der Waals surface area contributed by atoms with E-state index in [1.807, 2.05) is 36.4 Å². The molecule has 5 aliphatic carbocycles. The van der Waals surface area contributed by atoms with Gasteiger partial charge < -0.3 is 23.7 Å². The summed E-state index contributed by atoms with van der Waals surface area (Å²) in [6, 6.07) is 16.1. The summed E-state index contributed by atoms with van der Waals surface area (Å²) in [5.74, 6) is -5.95. The van der Waals surface area contributed by atoms with Gasteiger partial charge in [-0.3, -0.25) is 9.59 Å². The number of benzene rings is 2. The van der Waals surface area contributed by atoms with Gasteiger partial charge in [0.05, 0.1) is 28.4 Å². The van der Waals surface area contributed by atoms with Gasteiger partial charge in [0.25, 0.3) is 0 Å². The highest BCUT2D eigenvalue weighted by atomic mass is 16.6. The van der Waals surface area contributed by atoms with Crippen molar-refractivity contribution in [1.29, 1.82) is 0 Å². The second-order valence-corrected chi connectivity index (χ2v) is 13.4. The van der Waals surface area contributed by atoms with Gasteiger partial charge in [-0.1, -0.05) is 48.5 Å². The van der Waals surface area contributed by atoms with E-state index >= 15 is 0 Å². The Labute approximate surface area is 248 Å². The van der Waals surface area contributed by atoms with Crippen molar-refractivity contribution < 1.29 is 42.9 Å². The summed E-state index contributed by atoms with van der Waals surface area (Å²) in [5.41, 5.74) is -3.36. The fourth-order valence-corrected chi connectivity index (χ4v) is 12.8. The van der Waals surface area contributed by atoms with Crippen molar-refractivity contribution in [2.75, 3.05) is 28.4 Å². The third-order valence-corrected chi connectivity index (χ3v) is 13.2. The zero-order valence-electron chi connectivity index (χ0n) is 24.3. The third-order valence-electron chi connectivity index (χ3n) is 13.2. The minimum absolute atomic E-state index is 0.147. The van der Waals surface area contributed by atoms with Crippen molar-refractivity contribution in [1.82, 2.24) is 0 Å². The van der Waals surface area contributed by atoms with Crippen LogP contribution < -0.4 is 0 Å². The molecule has 7 aliphatic rings. The Morgan fingerprint density at radius 3 is 1.14 bits per heavy atom. The van der Waals surface area contributed by atoms with Gasteiger partial charge in [0.2, 0.25) is 0 Å². The summed E-state index contributed by atoms with van der Waals surface area (Å²) >= 11 is 0. The lowest BCUT2D eigenvalue weighted by molar-refractivity contribution is -0.274. The third kappa shape index (κ3) is 2.09. The van der Waals surface area contributed by atoms with Crippen LogP contribution in [0.15, 0.2) is 48.5 Å². The van der Waals surface area contributed by atoms with Gasteiger partial charge in [0.1, 0.15) is 10.8 Å². The highest BCUT2D eigenvalue weighted by Gasteiger charge is 3.08. The molecule has 4 unspecified atom stereocenters. The highest BCUT2D eigenvalue weighted by Crippen LogP contribution is 2.95. The largest absolute Gasteiger partial charge is 0.468 e. The predicted molar refractivity (Wildman–Crippen MR) is 147 cm³/mol. The monoisotopic (exact) mass is 584 g/mol. The van der Waals surface area contributed by atoms with Crippen molar-refractivity contribution in [3.8, 4) is 0 Å². The van der Waals surface area contributed by atoms with E-state index in [0.717, 1.165) is 22.3 Å². The molecule has 3 saturated carbocycles. The summed E-state index contributed by atoms with van der Waals surface area (Å²) in [5, 5.41) is 0. The van der Waals surface area contributed by atoms with E-state index in [-0.39, 0.29) is 23.7 Å². The molecule has 2 saturated heterocycles. The molecule has 2 aromatic rings. The number of carbonyl (C=O) groups is 4. The summed E-state index contributed by atoms with van der Waals surface area (Å²) < 4.78 is 29.5. The second-order valence-electron chi connectivity index (χ2n) is 13.4. The van der Waals surface area contributed by atoms with Gasteiger partial charge in [-0.2, -0.15) is 0 Å². The molecular formula is C34H32O9. The van der Waals surface area contributed by atoms with E-state index < -0.39 is 69.6 Å². The van der Waals surface area contributed by atoms with E-state index in [9.17, 15) is 19.2 Å². The fraction of sp³-hybridized carbons (Fsp3) is 0.529. The fourth-order valence-electron chi connectivity index (χ4n) is 12.8. The van der Waals surface area contributed by atoms with Crippen LogP contribution >= 0.6 is 0 Å². The maximum atomic E-state index is 14.8. The Morgan fingerprint density at radius 1 is 0.535 bits per heavy atom. The van der Waals surface area contributed by atoms with E-state index in [0.29, 0.717) is 12.8 Å². The minimum Gasteiger partial charge on any atom is -0.468 e. The van der Waals surface area contributed by atoms with Crippen LogP contribution in [0, 0.1) is 34.5 Å². The van der Waals surface area contributed by atoms with E-state index in [1.54, 1.807) is 0 Å². The van der Waals surface area contributed by atoms with E-state index in [1.165, 1.54) is 28.4 Å². The number of hydrogen-bond donors (Lipinski definition) is 0. The van der Waals surface area contributed by atoms with Crippen LogP contribution in [-0.4, -0.2) is 63.5 Å². The quantitative estimate of drug-likeness (QED) is 0.231. The molecule has 0 amide bonds. The molecule has 0 N–H and O–H groups in total. The van der Waals surface area contributed by atoms with Crippen LogP contribution in [0.3, 0.4) is 0 Å². The predicted octanol–water partition coefficient (Wildman–Crippen LogP) is 3.22. The van der Waals surface area contributed by atoms with Crippen LogP contribution in [0.5, 0.6) is 0 Å². The Bertz CT molecular complexity index is 1570. The van der Waals surface area contributed by atoms with Crippen LogP contribution in [0.1, 0.15) is 58.8 Å². The number of carbonyl (C=O) groups excluding carboxylic acids is 4. The molecule has 2 heterocycles. The lowest BCUT2D eigenvalue weighted by atomic mass is 9.24. The average molecular weight is 585 g/mol. The number of ether oxygens (including phenoxy) is 5. The number of esters is 4. The second kappa shape index (κ2) is 7.67. The summed E-state index contributed by atoms with van der Waals surface area (Å²) in [4.78, 5) is 58.8. The first kappa shape index (κ1) is 25.7. The molecule has 0 radical (unpaired) electrons. The van der Waals surface area contributed by atoms with Gasteiger partial charge in [-0.15, -0.1) is 0 Å². The van der Waals surface area contributed by atoms with Crippen molar-refractivity contribution in [3.05, 3.63) is 70.8 Å². The van der Waals surface area contributed by atoms with Gasteiger partial charge in [-0.25, -0.2) is 9.59 Å². The topological polar surface area (TPSA) is 114 Å². The number of methoxy groups -OCH3 is 4. The molecule has 12 atom stereocenters. The molecular weight excluding hydrogens is 552 g/mol. The maximum absolute atomic E-state index is 14.8. The first-order valence-corrected chi connectivity index (χ1v) is 15.0. The highest BCUT2D eigenvalue weighted by molar-refractivity contribution is 6.08. The van der Waals surface area contributed by atoms with Gasteiger partial charge >= 0.3 is 23.9 Å². The van der Waals surface area contributed by atoms with E-state index in [2.05, 4.69) is 12.1 Å². The van der Waals surface area contributed by atoms with Gasteiger partial charge in [0.15, 0.2) is 11.2 Å². The van der Waals surface area contributed by atoms with Gasteiger partial charge in [-0.05, 0) is 70.6 Å². The van der Waals surface area contributed by atoms with Crippen LogP contribution in [0.25, 0.3) is 0 Å². The molecule has 222 valence electrons. The molecule has 43 heavy (non-hydrogen) atoms.